The predicted octanol–water partition coefficient (Wildman–Crippen LogP) is 4.78. The second kappa shape index (κ2) is 14.6. The Morgan fingerprint density at radius 2 is 1.45 bits per heavy atom. The van der Waals surface area contributed by atoms with Crippen LogP contribution in [0.15, 0.2) is 84.9 Å². The Morgan fingerprint density at radius 1 is 0.875 bits per heavy atom. The van der Waals surface area contributed by atoms with Crippen molar-refractivity contribution in [2.45, 2.75) is 45.7 Å². The minimum Gasteiger partial charge on any atom is -0.354 e. The topological polar surface area (TPSA) is 86.8 Å². The third-order valence-electron chi connectivity index (χ3n) is 6.42. The van der Waals surface area contributed by atoms with Gasteiger partial charge in [-0.1, -0.05) is 86.6 Å². The number of nitrogens with one attached hydrogen (secondary N) is 1. The Bertz CT molecular complexity index is 1350. The number of halogens is 1. The number of sulfonamides is 1. The number of hydrogen-bond donors (Lipinski definition) is 1. The van der Waals surface area contributed by atoms with Crippen molar-refractivity contribution in [1.29, 1.82) is 0 Å². The third-order valence-corrected chi connectivity index (χ3v) is 7.60. The van der Waals surface area contributed by atoms with Crippen LogP contribution < -0.4 is 9.62 Å². The van der Waals surface area contributed by atoms with Gasteiger partial charge in [0.05, 0.1) is 11.9 Å². The molecule has 0 aliphatic carbocycles. The summed E-state index contributed by atoms with van der Waals surface area (Å²) >= 11 is 0. The lowest BCUT2D eigenvalue weighted by Crippen LogP contribution is -2.51. The van der Waals surface area contributed by atoms with Crippen LogP contribution in [0.1, 0.15) is 37.8 Å². The van der Waals surface area contributed by atoms with Gasteiger partial charge in [0.1, 0.15) is 11.9 Å². The molecule has 0 aliphatic rings. The van der Waals surface area contributed by atoms with Gasteiger partial charge in [-0.25, -0.2) is 12.8 Å². The molecule has 9 heteroatoms. The fraction of sp³-hybridized carbons (Fsp3) is 0.355. The van der Waals surface area contributed by atoms with Gasteiger partial charge in [0, 0.05) is 32.5 Å². The molecule has 0 aliphatic heterocycles. The first-order valence-electron chi connectivity index (χ1n) is 13.4. The van der Waals surface area contributed by atoms with Crippen molar-refractivity contribution < 1.29 is 22.4 Å². The molecule has 0 spiro atoms. The molecular weight excluding hydrogens is 529 g/mol. The second-order valence-corrected chi connectivity index (χ2v) is 12.1. The number of nitrogens with zero attached hydrogens (tertiary/aromatic N) is 2. The summed E-state index contributed by atoms with van der Waals surface area (Å²) < 4.78 is 40.4. The van der Waals surface area contributed by atoms with Crippen LogP contribution in [-0.4, -0.2) is 50.5 Å². The van der Waals surface area contributed by atoms with Gasteiger partial charge in [-0.05, 0) is 35.6 Å². The molecule has 40 heavy (non-hydrogen) atoms. The van der Waals surface area contributed by atoms with Crippen molar-refractivity contribution in [2.75, 3.05) is 23.7 Å². The first-order chi connectivity index (χ1) is 19.1. The van der Waals surface area contributed by atoms with Crippen molar-refractivity contribution in [3.8, 4) is 0 Å². The van der Waals surface area contributed by atoms with E-state index in [-0.39, 0.29) is 49.4 Å². The van der Waals surface area contributed by atoms with Crippen molar-refractivity contribution in [1.82, 2.24) is 10.2 Å². The van der Waals surface area contributed by atoms with Crippen LogP contribution in [-0.2, 0) is 32.6 Å². The van der Waals surface area contributed by atoms with Crippen LogP contribution in [0.5, 0.6) is 0 Å². The summed E-state index contributed by atoms with van der Waals surface area (Å²) in [6.07, 6.45) is 1.47. The fourth-order valence-electron chi connectivity index (χ4n) is 4.39. The van der Waals surface area contributed by atoms with Crippen LogP contribution in [0.2, 0.25) is 0 Å². The number of benzene rings is 3. The minimum atomic E-state index is -3.79. The molecule has 3 rings (SSSR count). The van der Waals surface area contributed by atoms with Crippen LogP contribution in [0.25, 0.3) is 0 Å². The molecular formula is C31H38FN3O4S. The molecule has 1 N–H and O–H groups in total. The average molecular weight is 568 g/mol. The molecule has 0 aromatic heterocycles. The minimum absolute atomic E-state index is 0.0178. The number of amides is 2. The summed E-state index contributed by atoms with van der Waals surface area (Å²) in [6, 6.07) is 23.8. The normalized spacial score (nSPS) is 12.1. The summed E-state index contributed by atoms with van der Waals surface area (Å²) in [5.41, 5.74) is 1.73. The maximum absolute atomic E-state index is 14.4. The Balaban J connectivity index is 1.86. The van der Waals surface area contributed by atoms with E-state index in [9.17, 15) is 22.4 Å². The van der Waals surface area contributed by atoms with Crippen LogP contribution in [0.3, 0.4) is 0 Å². The monoisotopic (exact) mass is 567 g/mol. The van der Waals surface area contributed by atoms with Crippen molar-refractivity contribution in [3.63, 3.8) is 0 Å². The van der Waals surface area contributed by atoms with Gasteiger partial charge in [-0.2, -0.15) is 0 Å². The number of hydrogen-bond acceptors (Lipinski definition) is 4. The molecule has 0 fully saturated rings. The van der Waals surface area contributed by atoms with Crippen molar-refractivity contribution >= 4 is 27.5 Å². The second-order valence-electron chi connectivity index (χ2n) is 10.2. The summed E-state index contributed by atoms with van der Waals surface area (Å²) in [7, 11) is -3.79. The van der Waals surface area contributed by atoms with E-state index in [1.807, 2.05) is 74.5 Å². The van der Waals surface area contributed by atoms with E-state index in [0.29, 0.717) is 13.0 Å². The highest BCUT2D eigenvalue weighted by molar-refractivity contribution is 7.92. The molecule has 0 bridgehead atoms. The van der Waals surface area contributed by atoms with Crippen molar-refractivity contribution in [3.05, 3.63) is 102 Å². The Morgan fingerprint density at radius 3 is 2.02 bits per heavy atom. The van der Waals surface area contributed by atoms with Crippen LogP contribution >= 0.6 is 0 Å². The van der Waals surface area contributed by atoms with Gasteiger partial charge in [0.25, 0.3) is 0 Å². The highest BCUT2D eigenvalue weighted by Crippen LogP contribution is 2.23. The van der Waals surface area contributed by atoms with Crippen molar-refractivity contribution in [2.24, 2.45) is 5.92 Å². The number of carbonyl (C=O) groups is 2. The molecule has 7 nitrogen and oxygen atoms in total. The smallest absolute Gasteiger partial charge is 0.243 e. The zero-order chi connectivity index (χ0) is 29.1. The Hall–Kier alpha value is -3.72. The van der Waals surface area contributed by atoms with E-state index < -0.39 is 21.9 Å². The Kier molecular flexibility index (Phi) is 11.3. The van der Waals surface area contributed by atoms with Gasteiger partial charge < -0.3 is 10.2 Å². The predicted molar refractivity (Wildman–Crippen MR) is 157 cm³/mol. The zero-order valence-electron chi connectivity index (χ0n) is 23.3. The first kappa shape index (κ1) is 30.8. The van der Waals surface area contributed by atoms with Gasteiger partial charge in [-0.3, -0.25) is 13.9 Å². The molecule has 0 unspecified atom stereocenters. The number of para-hydroxylation sites is 1. The Labute approximate surface area is 237 Å². The van der Waals surface area contributed by atoms with Gasteiger partial charge >= 0.3 is 0 Å². The summed E-state index contributed by atoms with van der Waals surface area (Å²) in [5.74, 6) is -0.952. The van der Waals surface area contributed by atoms with Gasteiger partial charge in [0.15, 0.2) is 0 Å². The molecule has 0 saturated heterocycles. The van der Waals surface area contributed by atoms with E-state index in [1.165, 1.54) is 18.2 Å². The molecule has 214 valence electrons. The van der Waals surface area contributed by atoms with Crippen LogP contribution in [0.4, 0.5) is 10.1 Å². The number of anilines is 1. The van der Waals surface area contributed by atoms with E-state index in [4.69, 9.17) is 0 Å². The van der Waals surface area contributed by atoms with Gasteiger partial charge in [-0.15, -0.1) is 0 Å². The maximum Gasteiger partial charge on any atom is 0.243 e. The standard InChI is InChI=1S/C31H38FN3O4S/c1-24(2)22-33-31(37)29(21-25-13-6-4-7-14-25)34(23-26-15-8-5-9-16-26)30(36)19-12-20-35(40(3,38)39)28-18-11-10-17-27(28)32/h4-11,13-18,24,29H,12,19-23H2,1-3H3,(H,33,37)/t29-/m1/s1. The summed E-state index contributed by atoms with van der Waals surface area (Å²) in [6.45, 7) is 4.62. The zero-order valence-corrected chi connectivity index (χ0v) is 24.1. The van der Waals surface area contributed by atoms with Gasteiger partial charge in [0.2, 0.25) is 21.8 Å². The third kappa shape index (κ3) is 9.19. The quantitative estimate of drug-likeness (QED) is 0.304. The molecule has 0 heterocycles. The van der Waals surface area contributed by atoms with E-state index in [2.05, 4.69) is 5.32 Å². The lowest BCUT2D eigenvalue weighted by atomic mass is 10.0. The van der Waals surface area contributed by atoms with E-state index >= 15 is 0 Å². The summed E-state index contributed by atoms with van der Waals surface area (Å²) in [4.78, 5) is 28.8. The lowest BCUT2D eigenvalue weighted by molar-refractivity contribution is -0.141. The first-order valence-corrected chi connectivity index (χ1v) is 15.3. The highest BCUT2D eigenvalue weighted by Gasteiger charge is 2.30. The lowest BCUT2D eigenvalue weighted by Gasteiger charge is -2.32. The molecule has 0 radical (unpaired) electrons. The molecule has 1 atom stereocenters. The van der Waals surface area contributed by atoms with E-state index in [0.717, 1.165) is 21.7 Å². The molecule has 3 aromatic carbocycles. The number of rotatable bonds is 14. The van der Waals surface area contributed by atoms with E-state index in [1.54, 1.807) is 11.0 Å². The largest absolute Gasteiger partial charge is 0.354 e. The summed E-state index contributed by atoms with van der Waals surface area (Å²) in [5, 5.41) is 2.98. The molecule has 2 amide bonds. The maximum atomic E-state index is 14.4. The SMILES string of the molecule is CC(C)CNC(=O)[C@@H](Cc1ccccc1)N(Cc1ccccc1)C(=O)CCCN(c1ccccc1F)S(C)(=O)=O. The molecule has 3 aromatic rings. The number of carbonyl (C=O) groups excluding carboxylic acids is 2. The highest BCUT2D eigenvalue weighted by atomic mass is 32.2. The molecule has 0 saturated carbocycles. The van der Waals surface area contributed by atoms with Crippen LogP contribution in [0, 0.1) is 11.7 Å². The fourth-order valence-corrected chi connectivity index (χ4v) is 5.36. The average Bonchev–Trinajstić information content (AvgIpc) is 2.92.